The molecule has 0 unspecified atom stereocenters. The molecule has 21 heavy (non-hydrogen) atoms. The monoisotopic (exact) mass is 352 g/mol. The smallest absolute Gasteiger partial charge is 0.238 e. The molecule has 0 aliphatic carbocycles. The number of anilines is 1. The minimum absolute atomic E-state index is 0. The molecule has 1 amide bonds. The molecule has 0 spiro atoms. The zero-order chi connectivity index (χ0) is 14.5. The van der Waals surface area contributed by atoms with E-state index in [0.29, 0.717) is 5.69 Å². The van der Waals surface area contributed by atoms with Crippen LogP contribution in [-0.2, 0) is 4.79 Å². The van der Waals surface area contributed by atoms with Crippen LogP contribution in [0.25, 0.3) is 0 Å². The average molecular weight is 353 g/mol. The van der Waals surface area contributed by atoms with Gasteiger partial charge in [-0.05, 0) is 24.3 Å². The molecule has 0 aliphatic rings. The van der Waals surface area contributed by atoms with E-state index in [1.165, 1.54) is 24.3 Å². The molecule has 0 saturated carbocycles. The third-order valence-electron chi connectivity index (χ3n) is 2.75. The van der Waals surface area contributed by atoms with Crippen molar-refractivity contribution in [3.8, 4) is 0 Å². The van der Waals surface area contributed by atoms with E-state index in [0.717, 1.165) is 0 Å². The fourth-order valence-electron chi connectivity index (χ4n) is 1.78. The lowest BCUT2D eigenvalue weighted by Gasteiger charge is -2.10. The Morgan fingerprint density at radius 1 is 1.00 bits per heavy atom. The number of hydrogen-bond acceptors (Lipinski definition) is 3. The van der Waals surface area contributed by atoms with E-state index >= 15 is 0 Å². The average Bonchev–Trinajstić information content (AvgIpc) is 2.47. The zero-order valence-electron chi connectivity index (χ0n) is 11.0. The highest BCUT2D eigenvalue weighted by molar-refractivity contribution is 8.93. The predicted octanol–water partition coefficient (Wildman–Crippen LogP) is 2.53. The lowest BCUT2D eigenvalue weighted by atomic mass is 10.0. The summed E-state index contributed by atoms with van der Waals surface area (Å²) in [5.41, 5.74) is 5.72. The molecule has 0 aromatic heterocycles. The van der Waals surface area contributed by atoms with Crippen LogP contribution in [-0.4, -0.2) is 18.2 Å². The van der Waals surface area contributed by atoms with Crippen LogP contribution < -0.4 is 11.1 Å². The number of rotatable bonds is 4. The standard InChI is InChI=1S/C15H13FN2O2.BrH/c16-12-7-3-1-5-10(12)15(20)11-6-2-4-8-13(11)18-14(19)9-17;/h1-8H,9,17H2,(H,18,19);1H. The number of carbonyl (C=O) groups is 2. The van der Waals surface area contributed by atoms with Gasteiger partial charge in [-0.15, -0.1) is 17.0 Å². The molecular weight excluding hydrogens is 339 g/mol. The molecule has 0 radical (unpaired) electrons. The summed E-state index contributed by atoms with van der Waals surface area (Å²) in [6.45, 7) is -0.192. The summed E-state index contributed by atoms with van der Waals surface area (Å²) in [6, 6.07) is 12.1. The van der Waals surface area contributed by atoms with E-state index in [1.54, 1.807) is 24.3 Å². The van der Waals surface area contributed by atoms with E-state index in [9.17, 15) is 14.0 Å². The molecule has 4 nitrogen and oxygen atoms in total. The van der Waals surface area contributed by atoms with Gasteiger partial charge in [0.2, 0.25) is 5.91 Å². The van der Waals surface area contributed by atoms with Crippen molar-refractivity contribution in [2.45, 2.75) is 0 Å². The number of amides is 1. The van der Waals surface area contributed by atoms with Gasteiger partial charge in [0, 0.05) is 5.56 Å². The predicted molar refractivity (Wildman–Crippen MR) is 84.3 cm³/mol. The van der Waals surface area contributed by atoms with Gasteiger partial charge in [-0.25, -0.2) is 4.39 Å². The van der Waals surface area contributed by atoms with Crippen molar-refractivity contribution in [2.75, 3.05) is 11.9 Å². The van der Waals surface area contributed by atoms with Crippen molar-refractivity contribution in [3.63, 3.8) is 0 Å². The van der Waals surface area contributed by atoms with Crippen molar-refractivity contribution in [1.82, 2.24) is 0 Å². The summed E-state index contributed by atoms with van der Waals surface area (Å²) in [5.74, 6) is -1.51. The summed E-state index contributed by atoms with van der Waals surface area (Å²) in [4.78, 5) is 23.7. The molecule has 3 N–H and O–H groups in total. The Labute approximate surface area is 131 Å². The van der Waals surface area contributed by atoms with Crippen molar-refractivity contribution in [1.29, 1.82) is 0 Å². The third kappa shape index (κ3) is 3.96. The molecule has 0 heterocycles. The first-order valence-corrected chi connectivity index (χ1v) is 6.01. The number of benzene rings is 2. The topological polar surface area (TPSA) is 72.2 Å². The van der Waals surface area contributed by atoms with Crippen LogP contribution in [0.5, 0.6) is 0 Å². The Kier molecular flexibility index (Phi) is 6.20. The van der Waals surface area contributed by atoms with Gasteiger partial charge in [0.1, 0.15) is 5.82 Å². The Morgan fingerprint density at radius 2 is 1.57 bits per heavy atom. The van der Waals surface area contributed by atoms with E-state index in [1.807, 2.05) is 0 Å². The molecule has 0 saturated heterocycles. The van der Waals surface area contributed by atoms with Gasteiger partial charge in [0.05, 0.1) is 17.8 Å². The van der Waals surface area contributed by atoms with Crippen LogP contribution in [0.4, 0.5) is 10.1 Å². The summed E-state index contributed by atoms with van der Waals surface area (Å²) < 4.78 is 13.7. The first-order valence-electron chi connectivity index (χ1n) is 6.01. The highest BCUT2D eigenvalue weighted by Gasteiger charge is 2.17. The molecule has 2 rings (SSSR count). The van der Waals surface area contributed by atoms with Crippen molar-refractivity contribution < 1.29 is 14.0 Å². The summed E-state index contributed by atoms with van der Waals surface area (Å²) in [7, 11) is 0. The lowest BCUT2D eigenvalue weighted by Crippen LogP contribution is -2.23. The highest BCUT2D eigenvalue weighted by Crippen LogP contribution is 2.20. The van der Waals surface area contributed by atoms with E-state index < -0.39 is 17.5 Å². The lowest BCUT2D eigenvalue weighted by molar-refractivity contribution is -0.114. The summed E-state index contributed by atoms with van der Waals surface area (Å²) in [6.07, 6.45) is 0. The number of para-hydroxylation sites is 1. The van der Waals surface area contributed by atoms with E-state index in [4.69, 9.17) is 5.73 Å². The Hall–Kier alpha value is -2.05. The van der Waals surface area contributed by atoms with E-state index in [2.05, 4.69) is 5.32 Å². The van der Waals surface area contributed by atoms with Gasteiger partial charge < -0.3 is 11.1 Å². The van der Waals surface area contributed by atoms with Gasteiger partial charge in [-0.3, -0.25) is 9.59 Å². The first kappa shape index (κ1) is 17.0. The minimum Gasteiger partial charge on any atom is -0.324 e. The maximum atomic E-state index is 13.7. The van der Waals surface area contributed by atoms with Crippen LogP contribution in [0.1, 0.15) is 15.9 Å². The van der Waals surface area contributed by atoms with Gasteiger partial charge in [0.25, 0.3) is 0 Å². The van der Waals surface area contributed by atoms with Crippen LogP contribution in [0.2, 0.25) is 0 Å². The fourth-order valence-corrected chi connectivity index (χ4v) is 1.78. The highest BCUT2D eigenvalue weighted by atomic mass is 79.9. The summed E-state index contributed by atoms with van der Waals surface area (Å²) in [5, 5.41) is 2.52. The van der Waals surface area contributed by atoms with Crippen LogP contribution >= 0.6 is 17.0 Å². The summed E-state index contributed by atoms with van der Waals surface area (Å²) >= 11 is 0. The Morgan fingerprint density at radius 3 is 2.19 bits per heavy atom. The largest absolute Gasteiger partial charge is 0.324 e. The number of ketones is 1. The third-order valence-corrected chi connectivity index (χ3v) is 2.75. The SMILES string of the molecule is Br.NCC(=O)Nc1ccccc1C(=O)c1ccccc1F. The van der Waals surface area contributed by atoms with E-state index in [-0.39, 0.29) is 34.7 Å². The van der Waals surface area contributed by atoms with Crippen molar-refractivity contribution in [2.24, 2.45) is 5.73 Å². The number of nitrogens with one attached hydrogen (secondary N) is 1. The van der Waals surface area contributed by atoms with Gasteiger partial charge in [0.15, 0.2) is 5.78 Å². The fraction of sp³-hybridized carbons (Fsp3) is 0.0667. The van der Waals surface area contributed by atoms with Gasteiger partial charge >= 0.3 is 0 Å². The first-order chi connectivity index (χ1) is 9.63. The molecule has 0 bridgehead atoms. The normalized spacial score (nSPS) is 9.62. The zero-order valence-corrected chi connectivity index (χ0v) is 12.7. The maximum absolute atomic E-state index is 13.7. The van der Waals surface area contributed by atoms with Gasteiger partial charge in [-0.2, -0.15) is 0 Å². The second-order valence-corrected chi connectivity index (χ2v) is 4.11. The molecular formula is C15H14BrFN2O2. The van der Waals surface area contributed by atoms with Crippen LogP contribution in [0.3, 0.4) is 0 Å². The number of halogens is 2. The molecule has 2 aromatic carbocycles. The molecule has 0 aliphatic heterocycles. The molecule has 6 heteroatoms. The molecule has 0 fully saturated rings. The maximum Gasteiger partial charge on any atom is 0.238 e. The second kappa shape index (κ2) is 7.66. The van der Waals surface area contributed by atoms with Crippen LogP contribution in [0.15, 0.2) is 48.5 Å². The number of nitrogens with two attached hydrogens (primary N) is 1. The second-order valence-electron chi connectivity index (χ2n) is 4.11. The Balaban J connectivity index is 0.00000220. The quantitative estimate of drug-likeness (QED) is 0.830. The number of hydrogen-bond donors (Lipinski definition) is 2. The molecule has 0 atom stereocenters. The molecule has 110 valence electrons. The number of carbonyl (C=O) groups excluding carboxylic acids is 2. The Bertz CT molecular complexity index is 662. The van der Waals surface area contributed by atoms with Crippen molar-refractivity contribution >= 4 is 34.4 Å². The van der Waals surface area contributed by atoms with Gasteiger partial charge in [-0.1, -0.05) is 24.3 Å². The minimum atomic E-state index is -0.600. The van der Waals surface area contributed by atoms with Crippen molar-refractivity contribution in [3.05, 3.63) is 65.5 Å². The molecule has 2 aromatic rings. The van der Waals surface area contributed by atoms with Crippen LogP contribution in [0, 0.1) is 5.82 Å².